The van der Waals surface area contributed by atoms with E-state index in [1.807, 2.05) is 41.3 Å². The molecule has 1 fully saturated rings. The summed E-state index contributed by atoms with van der Waals surface area (Å²) >= 11 is 1.66. The summed E-state index contributed by atoms with van der Waals surface area (Å²) in [6.07, 6.45) is 2.17. The van der Waals surface area contributed by atoms with E-state index in [1.54, 1.807) is 17.4 Å². The van der Waals surface area contributed by atoms with E-state index in [9.17, 15) is 9.59 Å². The number of aryl methyl sites for hydroxylation is 1. The number of benzene rings is 2. The second-order valence-corrected chi connectivity index (χ2v) is 8.06. The Morgan fingerprint density at radius 1 is 1.18 bits per heavy atom. The highest BCUT2D eigenvalue weighted by molar-refractivity contribution is 7.18. The lowest BCUT2D eigenvalue weighted by Gasteiger charge is -2.23. The minimum absolute atomic E-state index is 0.0303. The topological polar surface area (TPSA) is 68.3 Å². The maximum atomic E-state index is 12.9. The SMILES string of the molecule is O=C(CCn1c(=O)oc2ccccc21)N1CCCC1c1nc2ccccc2s1. The Labute approximate surface area is 165 Å². The lowest BCUT2D eigenvalue weighted by molar-refractivity contribution is -0.132. The van der Waals surface area contributed by atoms with Crippen LogP contribution in [0.1, 0.15) is 30.3 Å². The highest BCUT2D eigenvalue weighted by Crippen LogP contribution is 2.36. The van der Waals surface area contributed by atoms with Gasteiger partial charge in [0, 0.05) is 19.5 Å². The molecule has 5 rings (SSSR count). The quantitative estimate of drug-likeness (QED) is 0.526. The maximum absolute atomic E-state index is 12.9. The summed E-state index contributed by atoms with van der Waals surface area (Å²) in [5, 5.41) is 0.998. The van der Waals surface area contributed by atoms with Gasteiger partial charge in [-0.1, -0.05) is 24.3 Å². The van der Waals surface area contributed by atoms with Gasteiger partial charge in [-0.25, -0.2) is 9.78 Å². The van der Waals surface area contributed by atoms with Gasteiger partial charge < -0.3 is 9.32 Å². The number of amides is 1. The summed E-state index contributed by atoms with van der Waals surface area (Å²) in [6, 6.07) is 15.4. The van der Waals surface area contributed by atoms with Crippen molar-refractivity contribution in [3.05, 3.63) is 64.1 Å². The largest absolute Gasteiger partial charge is 0.419 e. The predicted octanol–water partition coefficient (Wildman–Crippen LogP) is 3.96. The number of aromatic nitrogens is 2. The molecular formula is C21H19N3O3S. The zero-order valence-corrected chi connectivity index (χ0v) is 16.0. The van der Waals surface area contributed by atoms with Crippen LogP contribution in [0.3, 0.4) is 0 Å². The second kappa shape index (κ2) is 6.91. The Morgan fingerprint density at radius 2 is 2.00 bits per heavy atom. The molecule has 28 heavy (non-hydrogen) atoms. The smallest absolute Gasteiger partial charge is 0.408 e. The molecule has 0 saturated carbocycles. The summed E-state index contributed by atoms with van der Waals surface area (Å²) in [6.45, 7) is 1.05. The molecule has 2 aromatic heterocycles. The summed E-state index contributed by atoms with van der Waals surface area (Å²) < 4.78 is 7.94. The van der Waals surface area contributed by atoms with E-state index in [4.69, 9.17) is 9.40 Å². The van der Waals surface area contributed by atoms with Gasteiger partial charge in [0.1, 0.15) is 5.01 Å². The molecule has 1 aliphatic rings. The molecule has 0 spiro atoms. The van der Waals surface area contributed by atoms with Crippen molar-refractivity contribution in [2.45, 2.75) is 31.8 Å². The summed E-state index contributed by atoms with van der Waals surface area (Å²) in [7, 11) is 0. The standard InChI is InChI=1S/C21H19N3O3S/c25-19(11-13-24-15-7-2-3-9-17(15)27-21(24)26)23-12-5-8-16(23)20-22-14-6-1-4-10-18(14)28-20/h1-4,6-7,9-10,16H,5,8,11-13H2. The molecule has 0 N–H and O–H groups in total. The second-order valence-electron chi connectivity index (χ2n) is 7.00. The first kappa shape index (κ1) is 17.2. The fourth-order valence-corrected chi connectivity index (χ4v) is 5.05. The molecule has 0 aliphatic carbocycles. The van der Waals surface area contributed by atoms with E-state index >= 15 is 0 Å². The molecule has 4 aromatic rings. The van der Waals surface area contributed by atoms with Gasteiger partial charge in [-0.2, -0.15) is 0 Å². The molecule has 7 heteroatoms. The molecule has 1 saturated heterocycles. The van der Waals surface area contributed by atoms with E-state index in [-0.39, 0.29) is 18.4 Å². The van der Waals surface area contributed by atoms with E-state index in [1.165, 1.54) is 4.57 Å². The van der Waals surface area contributed by atoms with Crippen molar-refractivity contribution in [3.63, 3.8) is 0 Å². The fourth-order valence-electron chi connectivity index (χ4n) is 3.93. The molecule has 2 aromatic carbocycles. The van der Waals surface area contributed by atoms with Gasteiger partial charge in [0.15, 0.2) is 5.58 Å². The van der Waals surface area contributed by atoms with E-state index in [0.29, 0.717) is 12.1 Å². The average Bonchev–Trinajstić information content (AvgIpc) is 3.42. The zero-order valence-electron chi connectivity index (χ0n) is 15.2. The average molecular weight is 393 g/mol. The van der Waals surface area contributed by atoms with Crippen LogP contribution < -0.4 is 5.76 Å². The Kier molecular flexibility index (Phi) is 4.24. The van der Waals surface area contributed by atoms with Gasteiger partial charge in [-0.05, 0) is 37.1 Å². The van der Waals surface area contributed by atoms with Crippen LogP contribution in [0.4, 0.5) is 0 Å². The number of nitrogens with zero attached hydrogens (tertiary/aromatic N) is 3. The normalized spacial score (nSPS) is 17.0. The van der Waals surface area contributed by atoms with E-state index < -0.39 is 5.76 Å². The molecule has 1 atom stereocenters. The Morgan fingerprint density at radius 3 is 2.89 bits per heavy atom. The van der Waals surface area contributed by atoms with Gasteiger partial charge in [0.2, 0.25) is 5.91 Å². The van der Waals surface area contributed by atoms with Crippen molar-refractivity contribution in [2.75, 3.05) is 6.54 Å². The number of carbonyl (C=O) groups excluding carboxylic acids is 1. The van der Waals surface area contributed by atoms with Crippen molar-refractivity contribution in [3.8, 4) is 0 Å². The van der Waals surface area contributed by atoms with Crippen molar-refractivity contribution in [2.24, 2.45) is 0 Å². The number of likely N-dealkylation sites (tertiary alicyclic amines) is 1. The van der Waals surface area contributed by atoms with Crippen LogP contribution in [0.2, 0.25) is 0 Å². The number of para-hydroxylation sites is 3. The van der Waals surface area contributed by atoms with Crippen molar-refractivity contribution < 1.29 is 9.21 Å². The van der Waals surface area contributed by atoms with Crippen LogP contribution in [0.15, 0.2) is 57.7 Å². The van der Waals surface area contributed by atoms with Gasteiger partial charge in [0.05, 0.1) is 21.8 Å². The third-order valence-corrected chi connectivity index (χ3v) is 6.43. The van der Waals surface area contributed by atoms with Crippen LogP contribution in [-0.2, 0) is 11.3 Å². The number of hydrogen-bond donors (Lipinski definition) is 0. The van der Waals surface area contributed by atoms with Gasteiger partial charge in [0.25, 0.3) is 0 Å². The minimum atomic E-state index is -0.418. The maximum Gasteiger partial charge on any atom is 0.419 e. The number of hydrogen-bond acceptors (Lipinski definition) is 5. The molecular weight excluding hydrogens is 374 g/mol. The number of fused-ring (bicyclic) bond motifs is 2. The number of carbonyl (C=O) groups is 1. The Bertz CT molecular complexity index is 1190. The molecule has 1 unspecified atom stereocenters. The van der Waals surface area contributed by atoms with Crippen LogP contribution in [-0.4, -0.2) is 26.9 Å². The molecule has 0 bridgehead atoms. The lowest BCUT2D eigenvalue weighted by atomic mass is 10.2. The molecule has 142 valence electrons. The first-order valence-electron chi connectivity index (χ1n) is 9.44. The van der Waals surface area contributed by atoms with Crippen LogP contribution in [0.5, 0.6) is 0 Å². The van der Waals surface area contributed by atoms with Crippen molar-refractivity contribution >= 4 is 38.6 Å². The number of thiazole rings is 1. The summed E-state index contributed by atoms with van der Waals surface area (Å²) in [4.78, 5) is 31.7. The Hall–Kier alpha value is -2.93. The van der Waals surface area contributed by atoms with Crippen LogP contribution in [0, 0.1) is 0 Å². The lowest BCUT2D eigenvalue weighted by Crippen LogP contribution is -2.31. The van der Waals surface area contributed by atoms with Crippen LogP contribution >= 0.6 is 11.3 Å². The van der Waals surface area contributed by atoms with Gasteiger partial charge in [-0.3, -0.25) is 9.36 Å². The third kappa shape index (κ3) is 2.92. The van der Waals surface area contributed by atoms with Crippen LogP contribution in [0.25, 0.3) is 21.3 Å². The first-order chi connectivity index (χ1) is 13.7. The summed E-state index contributed by atoms with van der Waals surface area (Å²) in [5.41, 5.74) is 2.26. The highest BCUT2D eigenvalue weighted by atomic mass is 32.1. The van der Waals surface area contributed by atoms with Gasteiger partial charge >= 0.3 is 5.76 Å². The Balaban J connectivity index is 1.35. The number of oxazole rings is 1. The zero-order chi connectivity index (χ0) is 19.1. The van der Waals surface area contributed by atoms with Crippen molar-refractivity contribution in [1.29, 1.82) is 0 Å². The highest BCUT2D eigenvalue weighted by Gasteiger charge is 2.32. The number of rotatable bonds is 4. The summed E-state index contributed by atoms with van der Waals surface area (Å²) in [5.74, 6) is -0.364. The molecule has 3 heterocycles. The van der Waals surface area contributed by atoms with Gasteiger partial charge in [-0.15, -0.1) is 11.3 Å². The van der Waals surface area contributed by atoms with E-state index in [0.717, 1.165) is 40.1 Å². The first-order valence-corrected chi connectivity index (χ1v) is 10.3. The fraction of sp³-hybridized carbons (Fsp3) is 0.286. The van der Waals surface area contributed by atoms with E-state index in [2.05, 4.69) is 6.07 Å². The minimum Gasteiger partial charge on any atom is -0.408 e. The molecule has 1 amide bonds. The molecule has 1 aliphatic heterocycles. The van der Waals surface area contributed by atoms with Crippen molar-refractivity contribution in [1.82, 2.24) is 14.5 Å². The third-order valence-electron chi connectivity index (χ3n) is 5.29. The monoisotopic (exact) mass is 393 g/mol. The molecule has 6 nitrogen and oxygen atoms in total. The predicted molar refractivity (Wildman–Crippen MR) is 108 cm³/mol. The molecule has 0 radical (unpaired) electrons.